The molecule has 0 bridgehead atoms. The van der Waals surface area contributed by atoms with Crippen molar-refractivity contribution >= 4 is 28.6 Å². The predicted octanol–water partition coefficient (Wildman–Crippen LogP) is 8.62. The summed E-state index contributed by atoms with van der Waals surface area (Å²) in [6.45, 7) is 9.58. The van der Waals surface area contributed by atoms with Crippen LogP contribution in [0.15, 0.2) is 84.9 Å². The molecule has 0 atom stereocenters. The van der Waals surface area contributed by atoms with Gasteiger partial charge in [0, 0.05) is 20.5 Å². The van der Waals surface area contributed by atoms with E-state index in [2.05, 4.69) is 91.3 Å². The molecule has 0 aliphatic heterocycles. The molecule has 192 valence electrons. The Kier molecular flexibility index (Phi) is 8.75. The number of hydrogen-bond donors (Lipinski definition) is 0. The summed E-state index contributed by atoms with van der Waals surface area (Å²) in [5.41, 5.74) is 5.89. The summed E-state index contributed by atoms with van der Waals surface area (Å²) in [6, 6.07) is 28.2. The third kappa shape index (κ3) is 7.25. The minimum absolute atomic E-state index is 0.230. The molecule has 0 saturated heterocycles. The molecule has 0 spiro atoms. The molecule has 3 aromatic carbocycles. The number of aryl methyl sites for hydroxylation is 1. The van der Waals surface area contributed by atoms with Crippen LogP contribution in [0.4, 0.5) is 0 Å². The van der Waals surface area contributed by atoms with Crippen LogP contribution in [0, 0.1) is 15.9 Å². The van der Waals surface area contributed by atoms with Crippen LogP contribution in [0.5, 0.6) is 5.75 Å². The van der Waals surface area contributed by atoms with E-state index in [1.165, 1.54) is 0 Å². The number of carbonyl (C=O) groups excluding carboxylic acids is 1. The molecular weight excluding hydrogens is 573 g/mol. The fourth-order valence-electron chi connectivity index (χ4n) is 4.28. The zero-order valence-electron chi connectivity index (χ0n) is 22.0. The van der Waals surface area contributed by atoms with Crippen LogP contribution < -0.4 is 4.74 Å². The van der Waals surface area contributed by atoms with E-state index in [0.717, 1.165) is 50.4 Å². The molecular formula is C32H34INO3. The second-order valence-electron chi connectivity index (χ2n) is 10.5. The van der Waals surface area contributed by atoms with Crippen molar-refractivity contribution < 1.29 is 14.3 Å². The van der Waals surface area contributed by atoms with Gasteiger partial charge in [0.15, 0.2) is 0 Å². The average molecular weight is 608 g/mol. The SMILES string of the molecule is Cc1ccc(-c2cc(I)ccc2OCc2ccccc2)n1-c1cccc(C(=O)OCCCC(C)(C)C)c1. The highest BCUT2D eigenvalue weighted by atomic mass is 127. The van der Waals surface area contributed by atoms with E-state index in [4.69, 9.17) is 9.47 Å². The van der Waals surface area contributed by atoms with E-state index in [1.807, 2.05) is 48.5 Å². The van der Waals surface area contributed by atoms with E-state index in [-0.39, 0.29) is 11.4 Å². The molecule has 4 aromatic rings. The maximum absolute atomic E-state index is 12.8. The van der Waals surface area contributed by atoms with Crippen LogP contribution in [0.2, 0.25) is 0 Å². The normalized spacial score (nSPS) is 11.4. The first kappa shape index (κ1) is 27.0. The molecule has 0 fully saturated rings. The zero-order valence-corrected chi connectivity index (χ0v) is 24.1. The minimum atomic E-state index is -0.289. The van der Waals surface area contributed by atoms with Gasteiger partial charge in [-0.1, -0.05) is 57.2 Å². The predicted molar refractivity (Wildman–Crippen MR) is 158 cm³/mol. The number of carbonyl (C=O) groups is 1. The first-order chi connectivity index (χ1) is 17.7. The number of benzene rings is 3. The lowest BCUT2D eigenvalue weighted by molar-refractivity contribution is 0.0488. The van der Waals surface area contributed by atoms with Gasteiger partial charge in [0.05, 0.1) is 17.9 Å². The molecule has 4 rings (SSSR count). The summed E-state index contributed by atoms with van der Waals surface area (Å²) in [4.78, 5) is 12.8. The second-order valence-corrected chi connectivity index (χ2v) is 11.7. The van der Waals surface area contributed by atoms with E-state index in [9.17, 15) is 4.79 Å². The molecule has 37 heavy (non-hydrogen) atoms. The quantitative estimate of drug-likeness (QED) is 0.109. The Morgan fingerprint density at radius 1 is 0.919 bits per heavy atom. The molecule has 0 amide bonds. The average Bonchev–Trinajstić information content (AvgIpc) is 3.27. The molecule has 0 radical (unpaired) electrons. The van der Waals surface area contributed by atoms with E-state index < -0.39 is 0 Å². The minimum Gasteiger partial charge on any atom is -0.488 e. The largest absolute Gasteiger partial charge is 0.488 e. The molecule has 1 aromatic heterocycles. The third-order valence-corrected chi connectivity index (χ3v) is 6.85. The Labute approximate surface area is 233 Å². The maximum atomic E-state index is 12.8. The summed E-state index contributed by atoms with van der Waals surface area (Å²) >= 11 is 2.33. The van der Waals surface area contributed by atoms with Gasteiger partial charge in [-0.3, -0.25) is 0 Å². The van der Waals surface area contributed by atoms with Crippen molar-refractivity contribution in [2.24, 2.45) is 5.41 Å². The van der Waals surface area contributed by atoms with Crippen molar-refractivity contribution in [2.45, 2.75) is 47.1 Å². The topological polar surface area (TPSA) is 40.5 Å². The van der Waals surface area contributed by atoms with Gasteiger partial charge in [-0.15, -0.1) is 0 Å². The van der Waals surface area contributed by atoms with Crippen molar-refractivity contribution in [3.63, 3.8) is 0 Å². The van der Waals surface area contributed by atoms with E-state index in [0.29, 0.717) is 18.8 Å². The Hall–Kier alpha value is -3.06. The number of ether oxygens (including phenoxy) is 2. The fourth-order valence-corrected chi connectivity index (χ4v) is 4.77. The lowest BCUT2D eigenvalue weighted by atomic mass is 9.91. The number of esters is 1. The summed E-state index contributed by atoms with van der Waals surface area (Å²) < 4.78 is 15.1. The number of hydrogen-bond acceptors (Lipinski definition) is 3. The maximum Gasteiger partial charge on any atom is 0.338 e. The van der Waals surface area contributed by atoms with Gasteiger partial charge in [0.25, 0.3) is 0 Å². The van der Waals surface area contributed by atoms with E-state index >= 15 is 0 Å². The van der Waals surface area contributed by atoms with Gasteiger partial charge in [-0.05, 0) is 102 Å². The molecule has 0 aliphatic carbocycles. The number of halogens is 1. The Morgan fingerprint density at radius 3 is 2.46 bits per heavy atom. The van der Waals surface area contributed by atoms with E-state index in [1.54, 1.807) is 0 Å². The zero-order chi connectivity index (χ0) is 26.4. The van der Waals surface area contributed by atoms with Crippen LogP contribution in [-0.4, -0.2) is 17.1 Å². The van der Waals surface area contributed by atoms with Crippen molar-refractivity contribution in [1.29, 1.82) is 0 Å². The van der Waals surface area contributed by atoms with Gasteiger partial charge >= 0.3 is 5.97 Å². The van der Waals surface area contributed by atoms with Gasteiger partial charge < -0.3 is 14.0 Å². The molecule has 1 heterocycles. The Balaban J connectivity index is 1.60. The van der Waals surface area contributed by atoms with Crippen molar-refractivity contribution in [3.8, 4) is 22.7 Å². The second kappa shape index (κ2) is 12.0. The standard InChI is InChI=1S/C32H34INO3/c1-23-14-16-29(28-21-26(33)15-17-30(28)37-22-24-10-6-5-7-11-24)34(23)27-13-8-12-25(20-27)31(35)36-19-9-18-32(2,3)4/h5-8,10-17,20-21H,9,18-19,22H2,1-4H3. The number of rotatable bonds is 9. The van der Waals surface area contributed by atoms with Gasteiger partial charge in [0.2, 0.25) is 0 Å². The molecule has 4 nitrogen and oxygen atoms in total. The first-order valence-corrected chi connectivity index (χ1v) is 13.7. The van der Waals surface area contributed by atoms with Crippen molar-refractivity contribution in [1.82, 2.24) is 4.57 Å². The first-order valence-electron chi connectivity index (χ1n) is 12.6. The summed E-state index contributed by atoms with van der Waals surface area (Å²) in [6.07, 6.45) is 1.87. The number of nitrogens with zero attached hydrogens (tertiary/aromatic N) is 1. The van der Waals surface area contributed by atoms with Crippen molar-refractivity contribution in [3.05, 3.63) is 105 Å². The lowest BCUT2D eigenvalue weighted by Crippen LogP contribution is -2.11. The summed E-state index contributed by atoms with van der Waals surface area (Å²) in [5, 5.41) is 0. The Bertz CT molecular complexity index is 1350. The van der Waals surface area contributed by atoms with Crippen LogP contribution in [0.25, 0.3) is 16.9 Å². The third-order valence-electron chi connectivity index (χ3n) is 6.18. The van der Waals surface area contributed by atoms with Crippen LogP contribution in [0.3, 0.4) is 0 Å². The van der Waals surface area contributed by atoms with Crippen molar-refractivity contribution in [2.75, 3.05) is 6.61 Å². The monoisotopic (exact) mass is 607 g/mol. The summed E-state index contributed by atoms with van der Waals surface area (Å²) in [7, 11) is 0. The molecule has 0 aliphatic rings. The van der Waals surface area contributed by atoms with Gasteiger partial charge in [-0.2, -0.15) is 0 Å². The highest BCUT2D eigenvalue weighted by Gasteiger charge is 2.17. The highest BCUT2D eigenvalue weighted by Crippen LogP contribution is 2.35. The van der Waals surface area contributed by atoms with Gasteiger partial charge in [-0.25, -0.2) is 4.79 Å². The van der Waals surface area contributed by atoms with Gasteiger partial charge in [0.1, 0.15) is 12.4 Å². The Morgan fingerprint density at radius 2 is 1.70 bits per heavy atom. The van der Waals surface area contributed by atoms with Crippen LogP contribution in [-0.2, 0) is 11.3 Å². The van der Waals surface area contributed by atoms with Crippen LogP contribution in [0.1, 0.15) is 55.2 Å². The number of aromatic nitrogens is 1. The summed E-state index contributed by atoms with van der Waals surface area (Å²) in [5.74, 6) is 0.529. The molecule has 0 saturated carbocycles. The smallest absolute Gasteiger partial charge is 0.338 e. The molecule has 5 heteroatoms. The highest BCUT2D eigenvalue weighted by molar-refractivity contribution is 14.1. The lowest BCUT2D eigenvalue weighted by Gasteiger charge is -2.18. The molecule has 0 N–H and O–H groups in total. The molecule has 0 unspecified atom stereocenters. The fraction of sp³-hybridized carbons (Fsp3) is 0.281. The van der Waals surface area contributed by atoms with Crippen LogP contribution >= 0.6 is 22.6 Å².